The SMILES string of the molecule is Nc1ccccc1OCC(=O)NCc1sccc1Br. The molecule has 100 valence electrons. The monoisotopic (exact) mass is 340 g/mol. The van der Waals surface area contributed by atoms with E-state index in [1.54, 1.807) is 23.5 Å². The zero-order valence-electron chi connectivity index (χ0n) is 10.1. The van der Waals surface area contributed by atoms with Crippen LogP contribution in [0, 0.1) is 0 Å². The molecule has 0 bridgehead atoms. The van der Waals surface area contributed by atoms with Gasteiger partial charge in [0.2, 0.25) is 0 Å². The Bertz CT molecular complexity index is 571. The van der Waals surface area contributed by atoms with Crippen LogP contribution in [0.2, 0.25) is 0 Å². The van der Waals surface area contributed by atoms with Crippen LogP contribution < -0.4 is 15.8 Å². The van der Waals surface area contributed by atoms with Crippen LogP contribution in [0.3, 0.4) is 0 Å². The van der Waals surface area contributed by atoms with Gasteiger partial charge in [-0.15, -0.1) is 11.3 Å². The molecule has 0 atom stereocenters. The third kappa shape index (κ3) is 3.97. The molecule has 0 aliphatic heterocycles. The van der Waals surface area contributed by atoms with E-state index in [4.69, 9.17) is 10.5 Å². The number of rotatable bonds is 5. The molecule has 0 fully saturated rings. The van der Waals surface area contributed by atoms with E-state index >= 15 is 0 Å². The van der Waals surface area contributed by atoms with Crippen LogP contribution in [0.4, 0.5) is 5.69 Å². The Morgan fingerprint density at radius 3 is 2.84 bits per heavy atom. The number of nitrogens with two attached hydrogens (primary N) is 1. The maximum atomic E-state index is 11.6. The van der Waals surface area contributed by atoms with Crippen molar-refractivity contribution in [1.82, 2.24) is 5.32 Å². The van der Waals surface area contributed by atoms with Gasteiger partial charge in [0.05, 0.1) is 12.2 Å². The lowest BCUT2D eigenvalue weighted by atomic mass is 10.3. The lowest BCUT2D eigenvalue weighted by Gasteiger charge is -2.08. The molecule has 1 aromatic carbocycles. The minimum atomic E-state index is -0.177. The number of amides is 1. The molecule has 0 radical (unpaired) electrons. The lowest BCUT2D eigenvalue weighted by Crippen LogP contribution is -2.28. The Morgan fingerprint density at radius 2 is 2.16 bits per heavy atom. The number of anilines is 1. The van der Waals surface area contributed by atoms with Gasteiger partial charge < -0.3 is 15.8 Å². The fourth-order valence-electron chi connectivity index (χ4n) is 1.44. The molecule has 0 saturated carbocycles. The largest absolute Gasteiger partial charge is 0.482 e. The molecule has 4 nitrogen and oxygen atoms in total. The first-order valence-corrected chi connectivity index (χ1v) is 7.30. The standard InChI is InChI=1S/C13H13BrN2O2S/c14-9-5-6-19-12(9)7-16-13(17)8-18-11-4-2-1-3-10(11)15/h1-6H,7-8,15H2,(H,16,17). The zero-order valence-corrected chi connectivity index (χ0v) is 12.5. The highest BCUT2D eigenvalue weighted by Crippen LogP contribution is 2.22. The highest BCUT2D eigenvalue weighted by molar-refractivity contribution is 9.10. The number of para-hydroxylation sites is 2. The summed E-state index contributed by atoms with van der Waals surface area (Å²) in [5.74, 6) is 0.346. The number of nitrogens with one attached hydrogen (secondary N) is 1. The van der Waals surface area contributed by atoms with Gasteiger partial charge in [-0.25, -0.2) is 0 Å². The summed E-state index contributed by atoms with van der Waals surface area (Å²) in [5, 5.41) is 4.76. The Kier molecular flexibility index (Phi) is 4.81. The molecule has 19 heavy (non-hydrogen) atoms. The highest BCUT2D eigenvalue weighted by atomic mass is 79.9. The molecular formula is C13H13BrN2O2S. The Morgan fingerprint density at radius 1 is 1.37 bits per heavy atom. The minimum absolute atomic E-state index is 0.0444. The molecule has 2 rings (SSSR count). The third-order valence-corrected chi connectivity index (χ3v) is 4.34. The summed E-state index contributed by atoms with van der Waals surface area (Å²) < 4.78 is 6.36. The molecule has 0 unspecified atom stereocenters. The fourth-order valence-corrected chi connectivity index (χ4v) is 2.87. The molecule has 3 N–H and O–H groups in total. The maximum Gasteiger partial charge on any atom is 0.258 e. The van der Waals surface area contributed by atoms with Crippen molar-refractivity contribution in [2.75, 3.05) is 12.3 Å². The topological polar surface area (TPSA) is 64.3 Å². The number of carbonyl (C=O) groups is 1. The lowest BCUT2D eigenvalue weighted by molar-refractivity contribution is -0.123. The smallest absolute Gasteiger partial charge is 0.258 e. The molecule has 0 spiro atoms. The van der Waals surface area contributed by atoms with Crippen molar-refractivity contribution in [2.24, 2.45) is 0 Å². The third-order valence-electron chi connectivity index (χ3n) is 2.41. The summed E-state index contributed by atoms with van der Waals surface area (Å²) in [6.07, 6.45) is 0. The van der Waals surface area contributed by atoms with Crippen LogP contribution in [-0.4, -0.2) is 12.5 Å². The van der Waals surface area contributed by atoms with Gasteiger partial charge in [-0.05, 0) is 39.5 Å². The summed E-state index contributed by atoms with van der Waals surface area (Å²) >= 11 is 5.00. The van der Waals surface area contributed by atoms with E-state index in [-0.39, 0.29) is 12.5 Å². The van der Waals surface area contributed by atoms with E-state index in [2.05, 4.69) is 21.2 Å². The quantitative estimate of drug-likeness (QED) is 0.822. The number of benzene rings is 1. The Hall–Kier alpha value is -1.53. The predicted molar refractivity (Wildman–Crippen MR) is 80.2 cm³/mol. The van der Waals surface area contributed by atoms with Crippen LogP contribution in [0.15, 0.2) is 40.2 Å². The van der Waals surface area contributed by atoms with Crippen molar-refractivity contribution < 1.29 is 9.53 Å². The number of thiophene rings is 1. The van der Waals surface area contributed by atoms with E-state index < -0.39 is 0 Å². The van der Waals surface area contributed by atoms with Gasteiger partial charge in [-0.1, -0.05) is 12.1 Å². The van der Waals surface area contributed by atoms with Gasteiger partial charge in [0, 0.05) is 9.35 Å². The van der Waals surface area contributed by atoms with Crippen LogP contribution in [0.25, 0.3) is 0 Å². The van der Waals surface area contributed by atoms with Crippen LogP contribution in [-0.2, 0) is 11.3 Å². The summed E-state index contributed by atoms with van der Waals surface area (Å²) in [4.78, 5) is 12.7. The van der Waals surface area contributed by atoms with E-state index in [0.717, 1.165) is 9.35 Å². The summed E-state index contributed by atoms with van der Waals surface area (Å²) in [6.45, 7) is 0.446. The minimum Gasteiger partial charge on any atom is -0.482 e. The van der Waals surface area contributed by atoms with Crippen molar-refractivity contribution in [3.63, 3.8) is 0 Å². The molecule has 2 aromatic rings. The van der Waals surface area contributed by atoms with Crippen molar-refractivity contribution in [2.45, 2.75) is 6.54 Å². The van der Waals surface area contributed by atoms with Gasteiger partial charge in [0.15, 0.2) is 6.61 Å². The van der Waals surface area contributed by atoms with E-state index in [9.17, 15) is 4.79 Å². The van der Waals surface area contributed by atoms with Crippen LogP contribution in [0.5, 0.6) is 5.75 Å². The number of ether oxygens (including phenoxy) is 1. The van der Waals surface area contributed by atoms with Crippen LogP contribution in [0.1, 0.15) is 4.88 Å². The van der Waals surface area contributed by atoms with Gasteiger partial charge in [-0.3, -0.25) is 4.79 Å². The first-order chi connectivity index (χ1) is 9.16. The molecule has 1 heterocycles. The van der Waals surface area contributed by atoms with Crippen molar-refractivity contribution in [1.29, 1.82) is 0 Å². The molecule has 0 saturated heterocycles. The predicted octanol–water partition coefficient (Wildman–Crippen LogP) is 2.79. The summed E-state index contributed by atoms with van der Waals surface area (Å²) in [6, 6.07) is 9.05. The Labute approximate surface area is 123 Å². The normalized spacial score (nSPS) is 10.2. The number of hydrogen-bond donors (Lipinski definition) is 2. The Balaban J connectivity index is 1.79. The second-order valence-corrected chi connectivity index (χ2v) is 5.65. The average molecular weight is 341 g/mol. The second kappa shape index (κ2) is 6.58. The van der Waals surface area contributed by atoms with Gasteiger partial charge in [0.1, 0.15) is 5.75 Å². The first-order valence-electron chi connectivity index (χ1n) is 5.62. The molecule has 1 amide bonds. The van der Waals surface area contributed by atoms with E-state index in [0.29, 0.717) is 18.0 Å². The zero-order chi connectivity index (χ0) is 13.7. The van der Waals surface area contributed by atoms with Crippen molar-refractivity contribution >= 4 is 38.9 Å². The molecule has 6 heteroatoms. The number of nitrogen functional groups attached to an aromatic ring is 1. The molecular weight excluding hydrogens is 328 g/mol. The van der Waals surface area contributed by atoms with Crippen LogP contribution >= 0.6 is 27.3 Å². The highest BCUT2D eigenvalue weighted by Gasteiger charge is 2.06. The van der Waals surface area contributed by atoms with Gasteiger partial charge in [-0.2, -0.15) is 0 Å². The number of halogens is 1. The van der Waals surface area contributed by atoms with Crippen molar-refractivity contribution in [3.05, 3.63) is 45.1 Å². The first kappa shape index (κ1) is 13.9. The molecule has 0 aliphatic carbocycles. The maximum absolute atomic E-state index is 11.6. The molecule has 0 aliphatic rings. The summed E-state index contributed by atoms with van der Waals surface area (Å²) in [7, 11) is 0. The van der Waals surface area contributed by atoms with Gasteiger partial charge >= 0.3 is 0 Å². The average Bonchev–Trinajstić information content (AvgIpc) is 2.81. The van der Waals surface area contributed by atoms with E-state index in [1.165, 1.54) is 0 Å². The van der Waals surface area contributed by atoms with Crippen molar-refractivity contribution in [3.8, 4) is 5.75 Å². The van der Waals surface area contributed by atoms with E-state index in [1.807, 2.05) is 23.6 Å². The molecule has 1 aromatic heterocycles. The summed E-state index contributed by atoms with van der Waals surface area (Å²) in [5.41, 5.74) is 6.24. The number of carbonyl (C=O) groups excluding carboxylic acids is 1. The number of hydrogen-bond acceptors (Lipinski definition) is 4. The fraction of sp³-hybridized carbons (Fsp3) is 0.154. The van der Waals surface area contributed by atoms with Gasteiger partial charge in [0.25, 0.3) is 5.91 Å². The second-order valence-electron chi connectivity index (χ2n) is 3.79.